The van der Waals surface area contributed by atoms with E-state index in [-0.39, 0.29) is 30.2 Å². The molecule has 142 valence electrons. The summed E-state index contributed by atoms with van der Waals surface area (Å²) in [5, 5.41) is 11.6. The van der Waals surface area contributed by atoms with Crippen LogP contribution in [0, 0.1) is 5.82 Å². The smallest absolute Gasteiger partial charge is 0.276 e. The molecule has 1 aromatic heterocycles. The van der Waals surface area contributed by atoms with Crippen LogP contribution in [0.5, 0.6) is 0 Å². The van der Waals surface area contributed by atoms with Crippen LogP contribution in [0.15, 0.2) is 30.5 Å². The number of nitrogens with zero attached hydrogens (tertiary/aromatic N) is 4. The van der Waals surface area contributed by atoms with Crippen LogP contribution in [0.4, 0.5) is 4.39 Å². The number of hydrogen-bond donors (Lipinski definition) is 1. The Kier molecular flexibility index (Phi) is 7.11. The molecule has 3 rings (SSSR count). The number of hydrogen-bond acceptors (Lipinski definition) is 4. The van der Waals surface area contributed by atoms with Gasteiger partial charge < -0.3 is 10.2 Å². The van der Waals surface area contributed by atoms with E-state index in [0.29, 0.717) is 18.3 Å². The summed E-state index contributed by atoms with van der Waals surface area (Å²) in [5.41, 5.74) is 1.25. The summed E-state index contributed by atoms with van der Waals surface area (Å²) in [4.78, 5) is 14.6. The van der Waals surface area contributed by atoms with Crippen molar-refractivity contribution < 1.29 is 9.18 Å². The number of nitrogens with one attached hydrogen (secondary N) is 1. The predicted molar refractivity (Wildman–Crippen MR) is 99.9 cm³/mol. The molecule has 2 aromatic rings. The SMILES string of the molecule is CCN(C(=O)c1cn(C2CCNCC2)nn1)C(C)c1ccc(F)cc1.Cl. The molecule has 1 aliphatic rings. The third kappa shape index (κ3) is 4.40. The van der Waals surface area contributed by atoms with E-state index in [9.17, 15) is 9.18 Å². The highest BCUT2D eigenvalue weighted by atomic mass is 35.5. The lowest BCUT2D eigenvalue weighted by molar-refractivity contribution is 0.0696. The van der Waals surface area contributed by atoms with Crippen molar-refractivity contribution in [3.05, 3.63) is 47.5 Å². The lowest BCUT2D eigenvalue weighted by atomic mass is 10.1. The zero-order chi connectivity index (χ0) is 17.8. The number of benzene rings is 1. The summed E-state index contributed by atoms with van der Waals surface area (Å²) in [6.07, 6.45) is 3.72. The highest BCUT2D eigenvalue weighted by Crippen LogP contribution is 2.23. The van der Waals surface area contributed by atoms with Crippen LogP contribution in [0.2, 0.25) is 0 Å². The molecule has 0 bridgehead atoms. The molecule has 1 unspecified atom stereocenters. The normalized spacial score (nSPS) is 16.0. The minimum Gasteiger partial charge on any atom is -0.331 e. The number of piperidine rings is 1. The molecule has 0 aliphatic carbocycles. The lowest BCUT2D eigenvalue weighted by Crippen LogP contribution is -2.33. The minimum absolute atomic E-state index is 0. The van der Waals surface area contributed by atoms with Crippen LogP contribution < -0.4 is 5.32 Å². The van der Waals surface area contributed by atoms with Crippen molar-refractivity contribution in [1.82, 2.24) is 25.2 Å². The maximum absolute atomic E-state index is 13.1. The van der Waals surface area contributed by atoms with Crippen molar-refractivity contribution in [2.75, 3.05) is 19.6 Å². The highest BCUT2D eigenvalue weighted by Gasteiger charge is 2.25. The van der Waals surface area contributed by atoms with E-state index in [1.54, 1.807) is 23.2 Å². The van der Waals surface area contributed by atoms with E-state index in [2.05, 4.69) is 15.6 Å². The Labute approximate surface area is 159 Å². The first-order chi connectivity index (χ1) is 12.1. The number of carbonyl (C=O) groups excluding carboxylic acids is 1. The van der Waals surface area contributed by atoms with Gasteiger partial charge in [-0.25, -0.2) is 9.07 Å². The van der Waals surface area contributed by atoms with E-state index in [1.807, 2.05) is 18.5 Å². The summed E-state index contributed by atoms with van der Waals surface area (Å²) in [5.74, 6) is -0.435. The fourth-order valence-electron chi connectivity index (χ4n) is 3.29. The molecule has 6 nitrogen and oxygen atoms in total. The quantitative estimate of drug-likeness (QED) is 0.864. The fourth-order valence-corrected chi connectivity index (χ4v) is 3.29. The second-order valence-electron chi connectivity index (χ2n) is 6.38. The molecule has 1 atom stereocenters. The maximum Gasteiger partial charge on any atom is 0.276 e. The molecule has 1 aromatic carbocycles. The molecule has 1 amide bonds. The summed E-state index contributed by atoms with van der Waals surface area (Å²) in [7, 11) is 0. The first-order valence-corrected chi connectivity index (χ1v) is 8.79. The standard InChI is InChI=1S/C18H24FN5O.ClH/c1-3-23(13(2)14-4-6-15(19)7-5-14)18(25)17-12-24(22-21-17)16-8-10-20-11-9-16;/h4-7,12-13,16,20H,3,8-11H2,1-2H3;1H. The van der Waals surface area contributed by atoms with Gasteiger partial charge in [0.1, 0.15) is 5.82 Å². The van der Waals surface area contributed by atoms with Crippen molar-refractivity contribution >= 4 is 18.3 Å². The monoisotopic (exact) mass is 381 g/mol. The third-order valence-electron chi connectivity index (χ3n) is 4.83. The van der Waals surface area contributed by atoms with E-state index >= 15 is 0 Å². The molecular formula is C18H25ClFN5O. The van der Waals surface area contributed by atoms with Gasteiger partial charge in [-0.2, -0.15) is 0 Å². The van der Waals surface area contributed by atoms with E-state index in [1.165, 1.54) is 12.1 Å². The third-order valence-corrected chi connectivity index (χ3v) is 4.83. The highest BCUT2D eigenvalue weighted by molar-refractivity contribution is 5.92. The van der Waals surface area contributed by atoms with Gasteiger partial charge in [-0.15, -0.1) is 17.5 Å². The van der Waals surface area contributed by atoms with Gasteiger partial charge in [0.25, 0.3) is 5.91 Å². The van der Waals surface area contributed by atoms with Crippen molar-refractivity contribution in [2.24, 2.45) is 0 Å². The Bertz CT molecular complexity index is 715. The molecule has 8 heteroatoms. The second-order valence-corrected chi connectivity index (χ2v) is 6.38. The van der Waals surface area contributed by atoms with Gasteiger partial charge in [-0.3, -0.25) is 4.79 Å². The van der Waals surface area contributed by atoms with E-state index < -0.39 is 0 Å². The summed E-state index contributed by atoms with van der Waals surface area (Å²) in [6, 6.07) is 6.38. The molecule has 0 spiro atoms. The lowest BCUT2D eigenvalue weighted by Gasteiger charge is -2.27. The molecule has 0 saturated carbocycles. The predicted octanol–water partition coefficient (Wildman–Crippen LogP) is 2.99. The Morgan fingerprint density at radius 2 is 2.00 bits per heavy atom. The van der Waals surface area contributed by atoms with Gasteiger partial charge in [-0.1, -0.05) is 17.3 Å². The molecule has 1 fully saturated rings. The first-order valence-electron chi connectivity index (χ1n) is 8.79. The van der Waals surface area contributed by atoms with Gasteiger partial charge in [0.05, 0.1) is 18.3 Å². The minimum atomic E-state index is -0.282. The van der Waals surface area contributed by atoms with E-state index in [0.717, 1.165) is 31.5 Å². The van der Waals surface area contributed by atoms with Crippen molar-refractivity contribution in [1.29, 1.82) is 0 Å². The van der Waals surface area contributed by atoms with Gasteiger partial charge in [0.2, 0.25) is 0 Å². The molecule has 0 radical (unpaired) electrons. The zero-order valence-corrected chi connectivity index (χ0v) is 15.9. The average Bonchev–Trinajstić information content (AvgIpc) is 3.13. The summed E-state index contributed by atoms with van der Waals surface area (Å²) in [6.45, 7) is 6.31. The molecule has 2 heterocycles. The zero-order valence-electron chi connectivity index (χ0n) is 15.1. The fraction of sp³-hybridized carbons (Fsp3) is 0.500. The van der Waals surface area contributed by atoms with Gasteiger partial charge in [0, 0.05) is 6.54 Å². The Balaban J connectivity index is 0.00000243. The van der Waals surface area contributed by atoms with Crippen molar-refractivity contribution in [3.63, 3.8) is 0 Å². The van der Waals surface area contributed by atoms with Crippen LogP contribution in [-0.4, -0.2) is 45.4 Å². The van der Waals surface area contributed by atoms with Crippen LogP contribution in [-0.2, 0) is 0 Å². The summed E-state index contributed by atoms with van der Waals surface area (Å²) < 4.78 is 14.9. The number of carbonyl (C=O) groups is 1. The maximum atomic E-state index is 13.1. The number of amides is 1. The second kappa shape index (κ2) is 9.09. The Morgan fingerprint density at radius 3 is 2.62 bits per heavy atom. The molecule has 1 aliphatic heterocycles. The average molecular weight is 382 g/mol. The van der Waals surface area contributed by atoms with Crippen molar-refractivity contribution in [3.8, 4) is 0 Å². The largest absolute Gasteiger partial charge is 0.331 e. The molecular weight excluding hydrogens is 357 g/mol. The van der Waals surface area contributed by atoms with Gasteiger partial charge in [0.15, 0.2) is 5.69 Å². The Morgan fingerprint density at radius 1 is 1.35 bits per heavy atom. The van der Waals surface area contributed by atoms with Crippen LogP contribution in [0.1, 0.15) is 54.8 Å². The van der Waals surface area contributed by atoms with Gasteiger partial charge in [-0.05, 0) is 57.5 Å². The van der Waals surface area contributed by atoms with Crippen LogP contribution in [0.25, 0.3) is 0 Å². The molecule has 1 N–H and O–H groups in total. The van der Waals surface area contributed by atoms with Crippen molar-refractivity contribution in [2.45, 2.75) is 38.8 Å². The topological polar surface area (TPSA) is 63.1 Å². The number of aromatic nitrogens is 3. The Hall–Kier alpha value is -1.99. The first kappa shape index (κ1) is 20.3. The molecule has 26 heavy (non-hydrogen) atoms. The van der Waals surface area contributed by atoms with Crippen LogP contribution >= 0.6 is 12.4 Å². The summed E-state index contributed by atoms with van der Waals surface area (Å²) >= 11 is 0. The van der Waals surface area contributed by atoms with Gasteiger partial charge >= 0.3 is 0 Å². The number of rotatable bonds is 5. The number of halogens is 2. The molecule has 1 saturated heterocycles. The van der Waals surface area contributed by atoms with Crippen LogP contribution in [0.3, 0.4) is 0 Å². The van der Waals surface area contributed by atoms with E-state index in [4.69, 9.17) is 0 Å².